The van der Waals surface area contributed by atoms with Crippen LogP contribution in [0.25, 0.3) is 11.4 Å². The fourth-order valence-electron chi connectivity index (χ4n) is 3.03. The second-order valence-electron chi connectivity index (χ2n) is 7.39. The first kappa shape index (κ1) is 18.9. The molecule has 1 aromatic heterocycles. The molecule has 0 aliphatic heterocycles. The fourth-order valence-corrected chi connectivity index (χ4v) is 3.16. The Morgan fingerprint density at radius 3 is 2.58 bits per heavy atom. The van der Waals surface area contributed by atoms with E-state index >= 15 is 0 Å². The Morgan fingerprint density at radius 2 is 1.96 bits per heavy atom. The molecular weight excluding hydrogens is 350 g/mol. The molecule has 3 rings (SSSR count). The summed E-state index contributed by atoms with van der Waals surface area (Å²) in [6, 6.07) is 8.06. The Hall–Kier alpha value is -1.88. The standard InChI is InChI=1S/C20H26ClN3O2/c1-13(2)14(3)24(17-11-12-17)19(25)6-4-5-18-22-20(23-26-18)15-7-9-16(21)10-8-15/h7-10,13-14,17H,4-6,11-12H2,1-3H3. The summed E-state index contributed by atoms with van der Waals surface area (Å²) in [5, 5.41) is 4.69. The van der Waals surface area contributed by atoms with Crippen molar-refractivity contribution in [1.29, 1.82) is 0 Å². The van der Waals surface area contributed by atoms with Gasteiger partial charge in [0.2, 0.25) is 17.6 Å². The predicted molar refractivity (Wildman–Crippen MR) is 102 cm³/mol. The summed E-state index contributed by atoms with van der Waals surface area (Å²) in [4.78, 5) is 19.2. The molecule has 0 bridgehead atoms. The van der Waals surface area contributed by atoms with Gasteiger partial charge >= 0.3 is 0 Å². The van der Waals surface area contributed by atoms with Gasteiger partial charge in [0, 0.05) is 35.5 Å². The van der Waals surface area contributed by atoms with Gasteiger partial charge in [0.25, 0.3) is 0 Å². The lowest BCUT2D eigenvalue weighted by Crippen LogP contribution is -2.43. The van der Waals surface area contributed by atoms with Crippen molar-refractivity contribution in [1.82, 2.24) is 15.0 Å². The van der Waals surface area contributed by atoms with Gasteiger partial charge in [0.1, 0.15) is 0 Å². The van der Waals surface area contributed by atoms with Crippen molar-refractivity contribution in [3.63, 3.8) is 0 Å². The number of rotatable bonds is 8. The first-order chi connectivity index (χ1) is 12.5. The van der Waals surface area contributed by atoms with E-state index in [0.717, 1.165) is 24.8 Å². The van der Waals surface area contributed by atoms with Crippen molar-refractivity contribution < 1.29 is 9.32 Å². The van der Waals surface area contributed by atoms with Crippen LogP contribution in [0.5, 0.6) is 0 Å². The lowest BCUT2D eigenvalue weighted by atomic mass is 10.0. The van der Waals surface area contributed by atoms with Crippen LogP contribution in [-0.4, -0.2) is 33.0 Å². The number of carbonyl (C=O) groups excluding carboxylic acids is 1. The van der Waals surface area contributed by atoms with E-state index in [1.807, 2.05) is 12.1 Å². The average molecular weight is 376 g/mol. The number of carbonyl (C=O) groups is 1. The largest absolute Gasteiger partial charge is 0.339 e. The van der Waals surface area contributed by atoms with Crippen LogP contribution in [0.3, 0.4) is 0 Å². The average Bonchev–Trinajstić information content (AvgIpc) is 3.33. The van der Waals surface area contributed by atoms with Gasteiger partial charge in [-0.05, 0) is 56.4 Å². The number of aromatic nitrogens is 2. The maximum Gasteiger partial charge on any atom is 0.226 e. The molecule has 5 nitrogen and oxygen atoms in total. The molecule has 1 fully saturated rings. The summed E-state index contributed by atoms with van der Waals surface area (Å²) >= 11 is 5.90. The normalized spacial score (nSPS) is 15.3. The lowest BCUT2D eigenvalue weighted by molar-refractivity contribution is -0.134. The van der Waals surface area contributed by atoms with E-state index in [1.165, 1.54) is 0 Å². The van der Waals surface area contributed by atoms with E-state index in [9.17, 15) is 4.79 Å². The minimum absolute atomic E-state index is 0.242. The van der Waals surface area contributed by atoms with Crippen LogP contribution in [0.2, 0.25) is 5.02 Å². The molecule has 0 N–H and O–H groups in total. The molecule has 2 aromatic rings. The first-order valence-electron chi connectivity index (χ1n) is 9.35. The third-order valence-electron chi connectivity index (χ3n) is 4.98. The van der Waals surface area contributed by atoms with Crippen LogP contribution < -0.4 is 0 Å². The van der Waals surface area contributed by atoms with Crippen molar-refractivity contribution in [2.24, 2.45) is 5.92 Å². The topological polar surface area (TPSA) is 59.2 Å². The van der Waals surface area contributed by atoms with Crippen molar-refractivity contribution in [3.8, 4) is 11.4 Å². The molecule has 1 saturated carbocycles. The third kappa shape index (κ3) is 4.64. The van der Waals surface area contributed by atoms with E-state index in [2.05, 4.69) is 35.8 Å². The molecule has 1 aliphatic carbocycles. The number of hydrogen-bond donors (Lipinski definition) is 0. The van der Waals surface area contributed by atoms with Crippen molar-refractivity contribution in [2.45, 2.75) is 65.0 Å². The summed E-state index contributed by atoms with van der Waals surface area (Å²) in [6.45, 7) is 6.49. The van der Waals surface area contributed by atoms with Gasteiger partial charge in [-0.2, -0.15) is 4.98 Å². The SMILES string of the molecule is CC(C)C(C)N(C(=O)CCCc1nc(-c2ccc(Cl)cc2)no1)C1CC1. The number of halogens is 1. The second-order valence-corrected chi connectivity index (χ2v) is 7.83. The third-order valence-corrected chi connectivity index (χ3v) is 5.24. The first-order valence-corrected chi connectivity index (χ1v) is 9.73. The number of benzene rings is 1. The molecule has 1 aliphatic rings. The van der Waals surface area contributed by atoms with Gasteiger partial charge in [-0.3, -0.25) is 4.79 Å². The highest BCUT2D eigenvalue weighted by molar-refractivity contribution is 6.30. The van der Waals surface area contributed by atoms with Gasteiger partial charge in [0.15, 0.2) is 0 Å². The predicted octanol–water partition coefficient (Wildman–Crippen LogP) is 4.75. The molecular formula is C20H26ClN3O2. The number of hydrogen-bond acceptors (Lipinski definition) is 4. The number of aryl methyl sites for hydroxylation is 1. The molecule has 1 atom stereocenters. The van der Waals surface area contributed by atoms with Gasteiger partial charge in [-0.15, -0.1) is 0 Å². The quantitative estimate of drug-likeness (QED) is 0.668. The van der Waals surface area contributed by atoms with Crippen LogP contribution in [0.1, 0.15) is 52.3 Å². The highest BCUT2D eigenvalue weighted by Crippen LogP contribution is 2.31. The van der Waals surface area contributed by atoms with E-state index < -0.39 is 0 Å². The Kier molecular flexibility index (Phi) is 5.97. The van der Waals surface area contributed by atoms with Crippen molar-refractivity contribution in [3.05, 3.63) is 35.2 Å². The monoisotopic (exact) mass is 375 g/mol. The molecule has 1 amide bonds. The van der Waals surface area contributed by atoms with E-state index in [4.69, 9.17) is 16.1 Å². The summed E-state index contributed by atoms with van der Waals surface area (Å²) < 4.78 is 5.32. The van der Waals surface area contributed by atoms with Gasteiger partial charge < -0.3 is 9.42 Å². The second kappa shape index (κ2) is 8.21. The van der Waals surface area contributed by atoms with Crippen LogP contribution >= 0.6 is 11.6 Å². The molecule has 1 aromatic carbocycles. The fraction of sp³-hybridized carbons (Fsp3) is 0.550. The molecule has 0 radical (unpaired) electrons. The molecule has 26 heavy (non-hydrogen) atoms. The molecule has 1 unspecified atom stereocenters. The van der Waals surface area contributed by atoms with Gasteiger partial charge in [-0.25, -0.2) is 0 Å². The number of nitrogens with zero attached hydrogens (tertiary/aromatic N) is 3. The maximum atomic E-state index is 12.7. The van der Waals surface area contributed by atoms with Crippen LogP contribution in [0.4, 0.5) is 0 Å². The van der Waals surface area contributed by atoms with Gasteiger partial charge in [-0.1, -0.05) is 30.6 Å². The summed E-state index contributed by atoms with van der Waals surface area (Å²) in [5.74, 6) is 1.83. The van der Waals surface area contributed by atoms with Crippen LogP contribution in [-0.2, 0) is 11.2 Å². The molecule has 6 heteroatoms. The van der Waals surface area contributed by atoms with Crippen molar-refractivity contribution in [2.75, 3.05) is 0 Å². The molecule has 1 heterocycles. The number of amides is 1. The minimum Gasteiger partial charge on any atom is -0.339 e. The Labute approximate surface area is 159 Å². The van der Waals surface area contributed by atoms with Crippen LogP contribution in [0.15, 0.2) is 28.8 Å². The maximum absolute atomic E-state index is 12.7. The Bertz CT molecular complexity index is 738. The summed E-state index contributed by atoms with van der Waals surface area (Å²) in [6.07, 6.45) is 4.12. The van der Waals surface area contributed by atoms with Gasteiger partial charge in [0.05, 0.1) is 0 Å². The Balaban J connectivity index is 1.53. The smallest absolute Gasteiger partial charge is 0.226 e. The Morgan fingerprint density at radius 1 is 1.27 bits per heavy atom. The minimum atomic E-state index is 0.242. The van der Waals surface area contributed by atoms with E-state index in [-0.39, 0.29) is 11.9 Å². The zero-order valence-electron chi connectivity index (χ0n) is 15.6. The lowest BCUT2D eigenvalue weighted by Gasteiger charge is -2.32. The summed E-state index contributed by atoms with van der Waals surface area (Å²) in [5.41, 5.74) is 0.867. The van der Waals surface area contributed by atoms with E-state index in [1.54, 1.807) is 12.1 Å². The van der Waals surface area contributed by atoms with Crippen molar-refractivity contribution >= 4 is 17.5 Å². The molecule has 140 valence electrons. The zero-order valence-corrected chi connectivity index (χ0v) is 16.4. The highest BCUT2D eigenvalue weighted by Gasteiger charge is 2.36. The highest BCUT2D eigenvalue weighted by atomic mass is 35.5. The molecule has 0 spiro atoms. The van der Waals surface area contributed by atoms with E-state index in [0.29, 0.717) is 41.5 Å². The zero-order chi connectivity index (χ0) is 18.7. The molecule has 0 saturated heterocycles. The van der Waals surface area contributed by atoms with Crippen LogP contribution in [0, 0.1) is 5.92 Å². The summed E-state index contributed by atoms with van der Waals surface area (Å²) in [7, 11) is 0.